The Balaban J connectivity index is 2.21. The fraction of sp³-hybridized carbons (Fsp3) is 0.984. The van der Waals surface area contributed by atoms with Gasteiger partial charge in [0, 0.05) is 0 Å². The maximum absolute atomic E-state index is 13.2. The number of unbranched alkanes of at least 4 members (excludes halogenated alkanes) is 43. The van der Waals surface area contributed by atoms with Crippen molar-refractivity contribution in [1.29, 1.82) is 0 Å². The van der Waals surface area contributed by atoms with Gasteiger partial charge in [0.2, 0.25) is 5.91 Å². The van der Waals surface area contributed by atoms with Crippen LogP contribution in [0.1, 0.15) is 316 Å². The number of aliphatic hydroxyl groups excluding tert-OH is 7. The first kappa shape index (κ1) is 69.1. The first-order chi connectivity index (χ1) is 35.2. The summed E-state index contributed by atoms with van der Waals surface area (Å²) in [4.78, 5) is 13.2. The Bertz CT molecular complexity index is 1130. The van der Waals surface area contributed by atoms with Crippen LogP contribution in [0.5, 0.6) is 0 Å². The van der Waals surface area contributed by atoms with Crippen LogP contribution in [-0.2, 0) is 14.3 Å². The predicted molar refractivity (Wildman–Crippen MR) is 298 cm³/mol. The van der Waals surface area contributed by atoms with Gasteiger partial charge in [-0.2, -0.15) is 0 Å². The Morgan fingerprint density at radius 2 is 0.722 bits per heavy atom. The molecule has 0 spiro atoms. The zero-order valence-electron chi connectivity index (χ0n) is 47.2. The normalized spacial score (nSPS) is 19.9. The van der Waals surface area contributed by atoms with Gasteiger partial charge in [-0.05, 0) is 12.8 Å². The van der Waals surface area contributed by atoms with E-state index in [4.69, 9.17) is 9.47 Å². The summed E-state index contributed by atoms with van der Waals surface area (Å²) in [6.07, 6.45) is 47.4. The Hall–Kier alpha value is -0.890. The van der Waals surface area contributed by atoms with E-state index in [2.05, 4.69) is 19.2 Å². The van der Waals surface area contributed by atoms with Gasteiger partial charge < -0.3 is 50.5 Å². The van der Waals surface area contributed by atoms with Crippen LogP contribution in [0.4, 0.5) is 0 Å². The molecule has 8 N–H and O–H groups in total. The van der Waals surface area contributed by atoms with Crippen LogP contribution in [0.2, 0.25) is 0 Å². The molecule has 1 heterocycles. The van der Waals surface area contributed by atoms with Gasteiger partial charge in [-0.1, -0.05) is 303 Å². The van der Waals surface area contributed by atoms with Gasteiger partial charge in [0.05, 0.1) is 25.4 Å². The highest BCUT2D eigenvalue weighted by atomic mass is 16.7. The zero-order chi connectivity index (χ0) is 52.5. The minimum absolute atomic E-state index is 0.267. The molecule has 1 aliphatic rings. The maximum Gasteiger partial charge on any atom is 0.249 e. The number of rotatable bonds is 55. The van der Waals surface area contributed by atoms with E-state index in [9.17, 15) is 40.5 Å². The molecule has 1 amide bonds. The van der Waals surface area contributed by atoms with Gasteiger partial charge in [-0.3, -0.25) is 4.79 Å². The summed E-state index contributed by atoms with van der Waals surface area (Å²) in [6, 6.07) is -1.16. The molecule has 9 atom stereocenters. The summed E-state index contributed by atoms with van der Waals surface area (Å²) in [5.41, 5.74) is 0. The summed E-state index contributed by atoms with van der Waals surface area (Å²) in [6.45, 7) is 3.50. The Labute approximate surface area is 443 Å². The second-order valence-corrected chi connectivity index (χ2v) is 22.5. The first-order valence-electron chi connectivity index (χ1n) is 31.4. The predicted octanol–water partition coefficient (Wildman–Crippen LogP) is 13.7. The summed E-state index contributed by atoms with van der Waals surface area (Å²) >= 11 is 0. The molecule has 1 rings (SSSR count). The fourth-order valence-electron chi connectivity index (χ4n) is 10.6. The highest BCUT2D eigenvalue weighted by Gasteiger charge is 2.44. The smallest absolute Gasteiger partial charge is 0.249 e. The average molecular weight is 1030 g/mol. The molecule has 1 aliphatic heterocycles. The third-order valence-electron chi connectivity index (χ3n) is 15.7. The number of ether oxygens (including phenoxy) is 2. The Kier molecular flexibility index (Phi) is 48.9. The Morgan fingerprint density at radius 1 is 0.431 bits per heavy atom. The van der Waals surface area contributed by atoms with Crippen molar-refractivity contribution in [1.82, 2.24) is 5.32 Å². The molecule has 0 bridgehead atoms. The highest BCUT2D eigenvalue weighted by molar-refractivity contribution is 5.80. The second kappa shape index (κ2) is 50.9. The average Bonchev–Trinajstić information content (AvgIpc) is 3.38. The lowest BCUT2D eigenvalue weighted by Crippen LogP contribution is -2.60. The standard InChI is InChI=1S/C61H121NO10/c1-3-5-7-9-11-13-15-17-19-21-22-23-24-25-26-27-28-29-30-31-32-33-35-36-38-40-42-44-46-48-53(64)56(66)52(51-71-61-59(69)58(68)57(67)55(50-63)72-61)62-60(70)54(65)49-47-45-43-41-39-37-34-20-18-16-14-12-10-8-6-4-2/h52-59,61,63-69H,3-51H2,1-2H3,(H,62,70). The van der Waals surface area contributed by atoms with Crippen molar-refractivity contribution in [2.45, 2.75) is 371 Å². The number of hydrogen-bond acceptors (Lipinski definition) is 10. The monoisotopic (exact) mass is 1030 g/mol. The molecule has 0 aromatic rings. The van der Waals surface area contributed by atoms with E-state index in [0.29, 0.717) is 19.3 Å². The maximum atomic E-state index is 13.2. The van der Waals surface area contributed by atoms with Gasteiger partial charge >= 0.3 is 0 Å². The van der Waals surface area contributed by atoms with Gasteiger partial charge in [0.1, 0.15) is 36.6 Å². The minimum atomic E-state index is -1.66. The van der Waals surface area contributed by atoms with Gasteiger partial charge in [0.25, 0.3) is 0 Å². The number of aliphatic hydroxyl groups is 7. The van der Waals surface area contributed by atoms with Crippen LogP contribution >= 0.6 is 0 Å². The molecule has 0 aromatic carbocycles. The number of amides is 1. The number of carbonyl (C=O) groups excluding carboxylic acids is 1. The lowest BCUT2D eigenvalue weighted by atomic mass is 9.98. The van der Waals surface area contributed by atoms with Crippen molar-refractivity contribution < 1.29 is 50.0 Å². The third kappa shape index (κ3) is 38.6. The van der Waals surface area contributed by atoms with Crippen molar-refractivity contribution in [3.8, 4) is 0 Å². The van der Waals surface area contributed by atoms with Crippen LogP contribution in [-0.4, -0.2) is 110 Å². The molecule has 11 nitrogen and oxygen atoms in total. The lowest BCUT2D eigenvalue weighted by Gasteiger charge is -2.40. The second-order valence-electron chi connectivity index (χ2n) is 22.5. The van der Waals surface area contributed by atoms with Gasteiger partial charge in [-0.15, -0.1) is 0 Å². The van der Waals surface area contributed by atoms with Gasteiger partial charge in [0.15, 0.2) is 6.29 Å². The summed E-state index contributed by atoms with van der Waals surface area (Å²) in [7, 11) is 0. The molecule has 0 aliphatic carbocycles. The molecule has 72 heavy (non-hydrogen) atoms. The van der Waals surface area contributed by atoms with Crippen LogP contribution in [0.25, 0.3) is 0 Å². The van der Waals surface area contributed by atoms with E-state index >= 15 is 0 Å². The van der Waals surface area contributed by atoms with Crippen LogP contribution in [0.15, 0.2) is 0 Å². The molecule has 0 radical (unpaired) electrons. The van der Waals surface area contributed by atoms with E-state index in [1.165, 1.54) is 238 Å². The van der Waals surface area contributed by atoms with Crippen LogP contribution in [0.3, 0.4) is 0 Å². The van der Waals surface area contributed by atoms with E-state index in [1.807, 2.05) is 0 Å². The SMILES string of the molecule is CCCCCCCCCCCCCCCCCCCCCCCCCCCCCCCC(O)C(O)C(COC1OC(CO)C(O)C(O)C1O)NC(=O)C(O)CCCCCCCCCCCCCCCCCC. The molecular weight excluding hydrogens is 907 g/mol. The lowest BCUT2D eigenvalue weighted by molar-refractivity contribution is -0.303. The van der Waals surface area contributed by atoms with E-state index in [-0.39, 0.29) is 6.42 Å². The zero-order valence-corrected chi connectivity index (χ0v) is 47.2. The highest BCUT2D eigenvalue weighted by Crippen LogP contribution is 2.24. The van der Waals surface area contributed by atoms with Crippen molar-refractivity contribution >= 4 is 5.91 Å². The quantitative estimate of drug-likeness (QED) is 0.0272. The minimum Gasteiger partial charge on any atom is -0.394 e. The molecule has 1 fully saturated rings. The Morgan fingerprint density at radius 3 is 1.03 bits per heavy atom. The van der Waals surface area contributed by atoms with Crippen molar-refractivity contribution in [3.05, 3.63) is 0 Å². The van der Waals surface area contributed by atoms with Crippen LogP contribution < -0.4 is 5.32 Å². The number of nitrogens with one attached hydrogen (secondary N) is 1. The fourth-order valence-corrected chi connectivity index (χ4v) is 10.6. The van der Waals surface area contributed by atoms with E-state index < -0.39 is 74.2 Å². The largest absolute Gasteiger partial charge is 0.394 e. The summed E-state index contributed by atoms with van der Waals surface area (Å²) in [5, 5.41) is 76.3. The van der Waals surface area contributed by atoms with Crippen molar-refractivity contribution in [2.24, 2.45) is 0 Å². The van der Waals surface area contributed by atoms with E-state index in [1.54, 1.807) is 0 Å². The van der Waals surface area contributed by atoms with Crippen LogP contribution in [0, 0.1) is 0 Å². The molecule has 0 aromatic heterocycles. The third-order valence-corrected chi connectivity index (χ3v) is 15.7. The summed E-state index contributed by atoms with van der Waals surface area (Å²) in [5.74, 6) is -0.689. The van der Waals surface area contributed by atoms with E-state index in [0.717, 1.165) is 38.5 Å². The first-order valence-corrected chi connectivity index (χ1v) is 31.4. The number of carbonyl (C=O) groups is 1. The summed E-state index contributed by atoms with van der Waals surface area (Å²) < 4.78 is 11.2. The van der Waals surface area contributed by atoms with Gasteiger partial charge in [-0.25, -0.2) is 0 Å². The molecule has 430 valence electrons. The molecule has 11 heteroatoms. The topological polar surface area (TPSA) is 189 Å². The molecule has 0 saturated carbocycles. The molecule has 1 saturated heterocycles. The molecule has 9 unspecified atom stereocenters. The number of hydrogen-bond donors (Lipinski definition) is 8. The van der Waals surface area contributed by atoms with Crippen molar-refractivity contribution in [2.75, 3.05) is 13.2 Å². The molecular formula is C61H121NO10. The van der Waals surface area contributed by atoms with Crippen molar-refractivity contribution in [3.63, 3.8) is 0 Å².